The van der Waals surface area contributed by atoms with Crippen molar-refractivity contribution in [3.8, 4) is 12.1 Å². The number of hydrazone groups is 1. The molecule has 0 heterocycles. The lowest BCUT2D eigenvalue weighted by molar-refractivity contribution is -0.384. The monoisotopic (exact) mass is 335 g/mol. The molecule has 0 amide bonds. The summed E-state index contributed by atoms with van der Waals surface area (Å²) in [5.74, 6) is -0.545. The zero-order chi connectivity index (χ0) is 15.3. The van der Waals surface area contributed by atoms with Crippen LogP contribution in [0.1, 0.15) is 5.56 Å². The number of benzene rings is 1. The second kappa shape index (κ2) is 6.26. The second-order valence-corrected chi connectivity index (χ2v) is 4.17. The zero-order valence-electron chi connectivity index (χ0n) is 9.72. The molecule has 0 aliphatic carbocycles. The maximum absolute atomic E-state index is 10.7. The largest absolute Gasteiger partial charge is 0.382 e. The fourth-order valence-corrected chi connectivity index (χ4v) is 1.69. The molecular formula is C10H6BrN7O2. The molecule has 0 aliphatic heterocycles. The molecule has 1 rings (SSSR count). The molecule has 1 aromatic rings. The predicted molar refractivity (Wildman–Crippen MR) is 74.1 cm³/mol. The van der Waals surface area contributed by atoms with Crippen molar-refractivity contribution in [2.24, 2.45) is 10.8 Å². The van der Waals surface area contributed by atoms with E-state index in [2.05, 4.69) is 26.5 Å². The van der Waals surface area contributed by atoms with Crippen molar-refractivity contribution in [2.75, 3.05) is 5.43 Å². The third-order valence-corrected chi connectivity index (χ3v) is 2.67. The number of hydrogen-bond acceptors (Lipinski definition) is 7. The van der Waals surface area contributed by atoms with E-state index in [0.717, 1.165) is 6.07 Å². The van der Waals surface area contributed by atoms with Crippen molar-refractivity contribution >= 4 is 38.9 Å². The van der Waals surface area contributed by atoms with Crippen LogP contribution >= 0.6 is 15.9 Å². The van der Waals surface area contributed by atoms with Crippen LogP contribution in [0, 0.1) is 38.2 Å². The minimum atomic E-state index is -0.644. The summed E-state index contributed by atoms with van der Waals surface area (Å²) in [6, 6.07) is 5.60. The van der Waals surface area contributed by atoms with Gasteiger partial charge < -0.3 is 5.73 Å². The van der Waals surface area contributed by atoms with Gasteiger partial charge in [-0.3, -0.25) is 20.9 Å². The first-order valence-electron chi connectivity index (χ1n) is 4.87. The Labute approximate surface area is 121 Å². The molecule has 0 saturated heterocycles. The van der Waals surface area contributed by atoms with Crippen LogP contribution in [0.15, 0.2) is 21.7 Å². The number of amidine groups is 1. The lowest BCUT2D eigenvalue weighted by atomic mass is 10.2. The van der Waals surface area contributed by atoms with Crippen molar-refractivity contribution in [3.63, 3.8) is 0 Å². The second-order valence-electron chi connectivity index (χ2n) is 3.32. The molecule has 0 unspecified atom stereocenters. The maximum Gasteiger partial charge on any atom is 0.272 e. The molecule has 4 N–H and O–H groups in total. The van der Waals surface area contributed by atoms with Crippen molar-refractivity contribution in [2.45, 2.75) is 0 Å². The Balaban J connectivity index is 3.27. The van der Waals surface area contributed by atoms with E-state index in [1.54, 1.807) is 12.1 Å². The van der Waals surface area contributed by atoms with E-state index in [4.69, 9.17) is 21.7 Å². The van der Waals surface area contributed by atoms with Crippen LogP contribution in [0.3, 0.4) is 0 Å². The fourth-order valence-electron chi connectivity index (χ4n) is 1.16. The molecule has 0 fully saturated rings. The highest BCUT2D eigenvalue weighted by molar-refractivity contribution is 9.10. The lowest BCUT2D eigenvalue weighted by Gasteiger charge is -2.06. The van der Waals surface area contributed by atoms with Gasteiger partial charge in [-0.1, -0.05) is 0 Å². The van der Waals surface area contributed by atoms with Gasteiger partial charge >= 0.3 is 0 Å². The van der Waals surface area contributed by atoms with Crippen LogP contribution in [0.5, 0.6) is 0 Å². The summed E-state index contributed by atoms with van der Waals surface area (Å²) in [6.07, 6.45) is 0. The van der Waals surface area contributed by atoms with Gasteiger partial charge in [0.25, 0.3) is 5.69 Å². The number of halogens is 1. The van der Waals surface area contributed by atoms with E-state index in [1.807, 2.05) is 0 Å². The van der Waals surface area contributed by atoms with Crippen LogP contribution in [0.25, 0.3) is 0 Å². The van der Waals surface area contributed by atoms with Gasteiger partial charge in [-0.05, 0) is 15.9 Å². The van der Waals surface area contributed by atoms with Crippen molar-refractivity contribution in [1.29, 1.82) is 15.9 Å². The molecule has 0 aromatic heterocycles. The maximum atomic E-state index is 10.7. The standard InChI is InChI=1S/C10H6BrN7O2/c11-7-2-6(18(19)20)1-5(3-12)9(7)17-16-8(4-13)10(14)15/h1-2,17H,(H3,14,15)/b16-8+. The Hall–Kier alpha value is -2.98. The number of non-ortho nitro benzene ring substituents is 1. The van der Waals surface area contributed by atoms with Gasteiger partial charge in [-0.2, -0.15) is 15.6 Å². The van der Waals surface area contributed by atoms with Crippen molar-refractivity contribution in [1.82, 2.24) is 0 Å². The molecular weight excluding hydrogens is 330 g/mol. The predicted octanol–water partition coefficient (Wildman–Crippen LogP) is 1.46. The Bertz CT molecular complexity index is 699. The van der Waals surface area contributed by atoms with Crippen LogP contribution in [0.4, 0.5) is 11.4 Å². The van der Waals surface area contributed by atoms with Gasteiger partial charge in [0.2, 0.25) is 5.71 Å². The van der Waals surface area contributed by atoms with Gasteiger partial charge in [-0.25, -0.2) is 0 Å². The number of nitro groups is 1. The van der Waals surface area contributed by atoms with Gasteiger partial charge in [0.05, 0.1) is 20.6 Å². The SMILES string of the molecule is N#C/C(=N\Nc1c(Br)cc([N+](=O)[O-])cc1C#N)C(=N)N. The van der Waals surface area contributed by atoms with E-state index in [1.165, 1.54) is 6.07 Å². The summed E-state index contributed by atoms with van der Waals surface area (Å²) in [7, 11) is 0. The molecule has 10 heteroatoms. The van der Waals surface area contributed by atoms with Gasteiger partial charge in [0.15, 0.2) is 5.84 Å². The number of rotatable bonds is 4. The number of hydrogen-bond donors (Lipinski definition) is 3. The number of nitrogens with two attached hydrogens (primary N) is 1. The summed E-state index contributed by atoms with van der Waals surface area (Å²) < 4.78 is 0.216. The first-order chi connectivity index (χ1) is 9.40. The van der Waals surface area contributed by atoms with Crippen LogP contribution in [0.2, 0.25) is 0 Å². The highest BCUT2D eigenvalue weighted by atomic mass is 79.9. The summed E-state index contributed by atoms with van der Waals surface area (Å²) >= 11 is 3.06. The number of nitriles is 2. The topological polar surface area (TPSA) is 165 Å². The summed E-state index contributed by atoms with van der Waals surface area (Å²) in [4.78, 5) is 10.0. The van der Waals surface area contributed by atoms with E-state index < -0.39 is 10.8 Å². The van der Waals surface area contributed by atoms with Gasteiger partial charge in [-0.15, -0.1) is 0 Å². The molecule has 0 saturated carbocycles. The Morgan fingerprint density at radius 2 is 2.20 bits per heavy atom. The Morgan fingerprint density at radius 3 is 2.65 bits per heavy atom. The highest BCUT2D eigenvalue weighted by Gasteiger charge is 2.15. The molecule has 1 aromatic carbocycles. The highest BCUT2D eigenvalue weighted by Crippen LogP contribution is 2.31. The van der Waals surface area contributed by atoms with Gasteiger partial charge in [0, 0.05) is 12.1 Å². The molecule has 0 bridgehead atoms. The molecule has 100 valence electrons. The summed E-state index contributed by atoms with van der Waals surface area (Å²) in [6.45, 7) is 0. The van der Waals surface area contributed by atoms with Crippen molar-refractivity contribution in [3.05, 3.63) is 32.3 Å². The smallest absolute Gasteiger partial charge is 0.272 e. The van der Waals surface area contributed by atoms with Crippen LogP contribution in [-0.2, 0) is 0 Å². The number of anilines is 1. The van der Waals surface area contributed by atoms with E-state index in [9.17, 15) is 10.1 Å². The number of nitrogens with one attached hydrogen (secondary N) is 2. The first-order valence-corrected chi connectivity index (χ1v) is 5.66. The molecule has 9 nitrogen and oxygen atoms in total. The minimum absolute atomic E-state index is 0.0457. The van der Waals surface area contributed by atoms with Crippen LogP contribution < -0.4 is 11.2 Å². The van der Waals surface area contributed by atoms with Gasteiger partial charge in [0.1, 0.15) is 12.1 Å². The fraction of sp³-hybridized carbons (Fsp3) is 0. The molecule has 0 radical (unpaired) electrons. The van der Waals surface area contributed by atoms with Crippen LogP contribution in [-0.4, -0.2) is 16.5 Å². The van der Waals surface area contributed by atoms with E-state index >= 15 is 0 Å². The Morgan fingerprint density at radius 1 is 1.55 bits per heavy atom. The third-order valence-electron chi connectivity index (χ3n) is 2.05. The normalized spacial score (nSPS) is 10.2. The first kappa shape index (κ1) is 15.1. The Kier molecular flexibility index (Phi) is 4.72. The van der Waals surface area contributed by atoms with E-state index in [-0.39, 0.29) is 27.1 Å². The average molecular weight is 336 g/mol. The number of nitro benzene ring substituents is 1. The quantitative estimate of drug-likeness (QED) is 0.326. The lowest BCUT2D eigenvalue weighted by Crippen LogP contribution is -2.22. The minimum Gasteiger partial charge on any atom is -0.382 e. The molecule has 0 spiro atoms. The average Bonchev–Trinajstić information content (AvgIpc) is 2.39. The molecule has 20 heavy (non-hydrogen) atoms. The molecule has 0 aliphatic rings. The zero-order valence-corrected chi connectivity index (χ0v) is 11.3. The van der Waals surface area contributed by atoms with E-state index in [0.29, 0.717) is 0 Å². The summed E-state index contributed by atoms with van der Waals surface area (Å²) in [5.41, 5.74) is 6.93. The van der Waals surface area contributed by atoms with Crippen molar-refractivity contribution < 1.29 is 4.92 Å². The third kappa shape index (κ3) is 3.28. The summed E-state index contributed by atoms with van der Waals surface area (Å²) in [5, 5.41) is 39.0. The molecule has 0 atom stereocenters. The number of nitrogens with zero attached hydrogens (tertiary/aromatic N) is 4.